The number of methoxy groups -OCH3 is 1. The van der Waals surface area contributed by atoms with Crippen molar-refractivity contribution >= 4 is 11.6 Å². The summed E-state index contributed by atoms with van der Waals surface area (Å²) >= 11 is 0. The molecule has 2 aliphatic carbocycles. The first-order chi connectivity index (χ1) is 9.67. The van der Waals surface area contributed by atoms with Crippen molar-refractivity contribution in [3.8, 4) is 0 Å². The molecule has 0 bridgehead atoms. The van der Waals surface area contributed by atoms with Crippen LogP contribution in [0.2, 0.25) is 0 Å². The van der Waals surface area contributed by atoms with Crippen LogP contribution in [0.25, 0.3) is 0 Å². The minimum atomic E-state index is -0.0813. The number of ether oxygens (including phenoxy) is 1. The molecule has 0 radical (unpaired) electrons. The highest BCUT2D eigenvalue weighted by Gasteiger charge is 2.47. The van der Waals surface area contributed by atoms with Crippen LogP contribution in [0.3, 0.4) is 0 Å². The first-order valence-corrected chi connectivity index (χ1v) is 7.17. The van der Waals surface area contributed by atoms with Crippen molar-refractivity contribution in [2.24, 2.45) is 17.8 Å². The Kier molecular flexibility index (Phi) is 3.61. The topological polar surface area (TPSA) is 60.3 Å². The van der Waals surface area contributed by atoms with E-state index in [1.165, 1.54) is 12.5 Å². The molecule has 1 heterocycles. The lowest BCUT2D eigenvalue weighted by molar-refractivity contribution is -0.120. The monoisotopic (exact) mass is 276 g/mol. The molecule has 0 aliphatic heterocycles. The number of nitrogens with zero attached hydrogens (tertiary/aromatic N) is 1. The fraction of sp³-hybridized carbons (Fsp3) is 0.600. The Morgan fingerprint density at radius 1 is 1.35 bits per heavy atom. The summed E-state index contributed by atoms with van der Waals surface area (Å²) < 4.78 is 6.53. The van der Waals surface area contributed by atoms with Crippen molar-refractivity contribution < 1.29 is 9.53 Å². The zero-order valence-corrected chi connectivity index (χ0v) is 11.7. The van der Waals surface area contributed by atoms with E-state index in [4.69, 9.17) is 4.74 Å². The van der Waals surface area contributed by atoms with Gasteiger partial charge in [-0.25, -0.2) is 0 Å². The molecular weight excluding hydrogens is 256 g/mol. The number of rotatable bonds is 5. The molecule has 1 aromatic heterocycles. The molecule has 2 fully saturated rings. The molecule has 0 saturated heterocycles. The Hall–Kier alpha value is -1.62. The normalized spacial score (nSPS) is 27.1. The van der Waals surface area contributed by atoms with Gasteiger partial charge in [0.25, 0.3) is 5.56 Å². The molecule has 1 aromatic rings. The highest BCUT2D eigenvalue weighted by atomic mass is 16.5. The van der Waals surface area contributed by atoms with Crippen molar-refractivity contribution in [2.75, 3.05) is 19.0 Å². The third-order valence-corrected chi connectivity index (χ3v) is 4.40. The molecule has 0 aromatic carbocycles. The number of hydrogen-bond donors (Lipinski definition) is 1. The molecule has 108 valence electrons. The molecule has 5 heteroatoms. The number of hydrogen-bond acceptors (Lipinski definition) is 3. The minimum Gasteiger partial charge on any atom is -0.383 e. The van der Waals surface area contributed by atoms with E-state index in [0.29, 0.717) is 18.8 Å². The third-order valence-electron chi connectivity index (χ3n) is 4.40. The molecule has 1 N–H and O–H groups in total. The number of carbonyl (C=O) groups excluding carboxylic acids is 1. The Morgan fingerprint density at radius 2 is 2.10 bits per heavy atom. The lowest BCUT2D eigenvalue weighted by Crippen LogP contribution is -2.25. The summed E-state index contributed by atoms with van der Waals surface area (Å²) in [5.41, 5.74) is 0.605. The highest BCUT2D eigenvalue weighted by molar-refractivity contribution is 5.92. The van der Waals surface area contributed by atoms with Gasteiger partial charge in [0, 0.05) is 31.8 Å². The summed E-state index contributed by atoms with van der Waals surface area (Å²) in [6, 6.07) is 3.15. The van der Waals surface area contributed by atoms with E-state index in [9.17, 15) is 9.59 Å². The molecule has 1 amide bonds. The molecule has 20 heavy (non-hydrogen) atoms. The summed E-state index contributed by atoms with van der Waals surface area (Å²) in [6.07, 6.45) is 5.06. The number of aromatic nitrogens is 1. The average Bonchev–Trinajstić information content (AvgIpc) is 3.05. The third kappa shape index (κ3) is 2.77. The number of anilines is 1. The van der Waals surface area contributed by atoms with Gasteiger partial charge in [0.15, 0.2) is 0 Å². The maximum atomic E-state index is 12.2. The Labute approximate surface area is 117 Å². The van der Waals surface area contributed by atoms with Crippen molar-refractivity contribution in [1.82, 2.24) is 4.57 Å². The van der Waals surface area contributed by atoms with E-state index >= 15 is 0 Å². The first kappa shape index (κ1) is 13.4. The molecule has 0 spiro atoms. The van der Waals surface area contributed by atoms with E-state index < -0.39 is 0 Å². The fourth-order valence-corrected chi connectivity index (χ4v) is 3.14. The van der Waals surface area contributed by atoms with Crippen molar-refractivity contribution in [1.29, 1.82) is 0 Å². The van der Waals surface area contributed by atoms with Gasteiger partial charge in [0.05, 0.1) is 12.3 Å². The number of amides is 1. The van der Waals surface area contributed by atoms with E-state index in [-0.39, 0.29) is 17.4 Å². The van der Waals surface area contributed by atoms with Crippen LogP contribution in [0.15, 0.2) is 23.1 Å². The number of carbonyl (C=O) groups is 1. The summed E-state index contributed by atoms with van der Waals surface area (Å²) in [7, 11) is 1.60. The van der Waals surface area contributed by atoms with Crippen LogP contribution in [-0.4, -0.2) is 24.2 Å². The number of pyridine rings is 1. The van der Waals surface area contributed by atoms with Gasteiger partial charge in [0.2, 0.25) is 5.91 Å². The molecule has 2 aliphatic rings. The minimum absolute atomic E-state index is 0.0813. The second-order valence-electron chi connectivity index (χ2n) is 5.86. The van der Waals surface area contributed by atoms with Gasteiger partial charge in [-0.05, 0) is 37.2 Å². The SMILES string of the molecule is COCCn1cc(NC(=O)C2CC3CC3C2)ccc1=O. The molecule has 3 rings (SSSR count). The maximum absolute atomic E-state index is 12.2. The van der Waals surface area contributed by atoms with E-state index in [0.717, 1.165) is 24.7 Å². The maximum Gasteiger partial charge on any atom is 0.250 e. The number of fused-ring (bicyclic) bond motifs is 1. The van der Waals surface area contributed by atoms with Crippen LogP contribution in [0.4, 0.5) is 5.69 Å². The average molecular weight is 276 g/mol. The van der Waals surface area contributed by atoms with Crippen LogP contribution in [-0.2, 0) is 16.1 Å². The van der Waals surface area contributed by atoms with Gasteiger partial charge in [-0.15, -0.1) is 0 Å². The zero-order chi connectivity index (χ0) is 14.1. The largest absolute Gasteiger partial charge is 0.383 e. The lowest BCUT2D eigenvalue weighted by Gasteiger charge is -2.13. The Balaban J connectivity index is 1.64. The Bertz CT molecular complexity index is 556. The van der Waals surface area contributed by atoms with E-state index in [1.807, 2.05) is 0 Å². The summed E-state index contributed by atoms with van der Waals surface area (Å²) in [4.78, 5) is 23.8. The second-order valence-corrected chi connectivity index (χ2v) is 5.86. The number of nitrogens with one attached hydrogen (secondary N) is 1. The van der Waals surface area contributed by atoms with Gasteiger partial charge in [0.1, 0.15) is 0 Å². The van der Waals surface area contributed by atoms with Crippen LogP contribution in [0.5, 0.6) is 0 Å². The predicted molar refractivity (Wildman–Crippen MR) is 75.5 cm³/mol. The summed E-state index contributed by atoms with van der Waals surface area (Å²) in [5, 5.41) is 2.93. The zero-order valence-electron chi connectivity index (χ0n) is 11.7. The smallest absolute Gasteiger partial charge is 0.250 e. The van der Waals surface area contributed by atoms with Crippen molar-refractivity contribution in [3.05, 3.63) is 28.7 Å². The van der Waals surface area contributed by atoms with E-state index in [2.05, 4.69) is 5.32 Å². The van der Waals surface area contributed by atoms with Gasteiger partial charge >= 0.3 is 0 Å². The fourth-order valence-electron chi connectivity index (χ4n) is 3.14. The van der Waals surface area contributed by atoms with Crippen molar-refractivity contribution in [3.63, 3.8) is 0 Å². The molecule has 2 atom stereocenters. The Morgan fingerprint density at radius 3 is 2.80 bits per heavy atom. The van der Waals surface area contributed by atoms with Crippen LogP contribution in [0.1, 0.15) is 19.3 Å². The van der Waals surface area contributed by atoms with Gasteiger partial charge < -0.3 is 14.6 Å². The van der Waals surface area contributed by atoms with Crippen molar-refractivity contribution in [2.45, 2.75) is 25.8 Å². The summed E-state index contributed by atoms with van der Waals surface area (Å²) in [5.74, 6) is 1.83. The molecule has 5 nitrogen and oxygen atoms in total. The van der Waals surface area contributed by atoms with Gasteiger partial charge in [-0.3, -0.25) is 9.59 Å². The molecule has 2 unspecified atom stereocenters. The van der Waals surface area contributed by atoms with E-state index in [1.54, 1.807) is 23.9 Å². The van der Waals surface area contributed by atoms with Crippen LogP contribution >= 0.6 is 0 Å². The van der Waals surface area contributed by atoms with Crippen LogP contribution in [0, 0.1) is 17.8 Å². The predicted octanol–water partition coefficient (Wildman–Crippen LogP) is 1.48. The molecular formula is C15H20N2O3. The lowest BCUT2D eigenvalue weighted by atomic mass is 10.0. The van der Waals surface area contributed by atoms with Crippen LogP contribution < -0.4 is 10.9 Å². The van der Waals surface area contributed by atoms with Gasteiger partial charge in [-0.1, -0.05) is 0 Å². The quantitative estimate of drug-likeness (QED) is 0.886. The standard InChI is InChI=1S/C15H20N2O3/c1-20-5-4-17-9-13(2-3-14(17)18)16-15(19)12-7-10-6-11(10)8-12/h2-3,9-12H,4-8H2,1H3,(H,16,19). The molecule has 2 saturated carbocycles. The summed E-state index contributed by atoms with van der Waals surface area (Å²) in [6.45, 7) is 0.968. The first-order valence-electron chi connectivity index (χ1n) is 7.17. The second kappa shape index (κ2) is 5.40. The van der Waals surface area contributed by atoms with Gasteiger partial charge in [-0.2, -0.15) is 0 Å². The highest BCUT2D eigenvalue weighted by Crippen LogP contribution is 2.54.